The number of rotatable bonds is 8. The van der Waals surface area contributed by atoms with Gasteiger partial charge in [-0.1, -0.05) is 17.7 Å². The maximum Gasteiger partial charge on any atom is 0.243 e. The van der Waals surface area contributed by atoms with Gasteiger partial charge in [-0.2, -0.15) is 4.31 Å². The topological polar surface area (TPSA) is 73.1 Å². The number of morpholine rings is 1. The van der Waals surface area contributed by atoms with Gasteiger partial charge in [0.1, 0.15) is 0 Å². The van der Waals surface area contributed by atoms with Crippen LogP contribution in [0.4, 0.5) is 5.69 Å². The van der Waals surface area contributed by atoms with E-state index in [0.717, 1.165) is 28.3 Å². The molecule has 0 aliphatic carbocycles. The number of thiazole rings is 1. The van der Waals surface area contributed by atoms with Gasteiger partial charge < -0.3 is 14.0 Å². The lowest BCUT2D eigenvalue weighted by atomic mass is 10.3. The fourth-order valence-corrected chi connectivity index (χ4v) is 6.75. The molecule has 3 heterocycles. The normalized spacial score (nSPS) is 16.0. The SMILES string of the molecule is COCCCn1c(-c2cccs2)csc1=Nc1cc(S(=O)(=O)N2CCOCC2)ccc1Cl. The second kappa shape index (κ2) is 10.6. The molecule has 1 saturated heterocycles. The molecule has 0 saturated carbocycles. The molecular formula is C21H24ClN3O4S3. The van der Waals surface area contributed by atoms with Crippen LogP contribution in [0.15, 0.2) is 51.0 Å². The summed E-state index contributed by atoms with van der Waals surface area (Å²) in [7, 11) is -1.95. The third-order valence-electron chi connectivity index (χ3n) is 5.04. The molecule has 1 aromatic carbocycles. The molecule has 0 atom stereocenters. The maximum absolute atomic E-state index is 13.1. The second-order valence-electron chi connectivity index (χ2n) is 7.12. The average Bonchev–Trinajstić information content (AvgIpc) is 3.46. The molecule has 0 radical (unpaired) electrons. The fourth-order valence-electron chi connectivity index (χ4n) is 3.40. The molecule has 0 unspecified atom stereocenters. The van der Waals surface area contributed by atoms with Crippen molar-refractivity contribution in [1.29, 1.82) is 0 Å². The number of aromatic nitrogens is 1. The lowest BCUT2D eigenvalue weighted by Crippen LogP contribution is -2.40. The molecule has 32 heavy (non-hydrogen) atoms. The van der Waals surface area contributed by atoms with Crippen molar-refractivity contribution in [2.75, 3.05) is 40.0 Å². The summed E-state index contributed by atoms with van der Waals surface area (Å²) in [6.45, 7) is 2.84. The summed E-state index contributed by atoms with van der Waals surface area (Å²) >= 11 is 9.59. The molecule has 172 valence electrons. The first-order chi connectivity index (χ1) is 15.5. The highest BCUT2D eigenvalue weighted by atomic mass is 35.5. The smallest absolute Gasteiger partial charge is 0.243 e. The number of ether oxygens (including phenoxy) is 2. The van der Waals surface area contributed by atoms with Gasteiger partial charge in [0.2, 0.25) is 10.0 Å². The van der Waals surface area contributed by atoms with Crippen molar-refractivity contribution in [2.24, 2.45) is 4.99 Å². The predicted octanol–water partition coefficient (Wildman–Crippen LogP) is 4.22. The minimum Gasteiger partial charge on any atom is -0.385 e. The van der Waals surface area contributed by atoms with E-state index < -0.39 is 10.0 Å². The van der Waals surface area contributed by atoms with Crippen LogP contribution in [0.1, 0.15) is 6.42 Å². The number of hydrogen-bond acceptors (Lipinski definition) is 7. The molecule has 1 aliphatic heterocycles. The van der Waals surface area contributed by atoms with Gasteiger partial charge in [-0.3, -0.25) is 0 Å². The minimum absolute atomic E-state index is 0.184. The highest BCUT2D eigenvalue weighted by Gasteiger charge is 2.27. The molecule has 0 N–H and O–H groups in total. The average molecular weight is 514 g/mol. The number of halogens is 1. The Hall–Kier alpha value is -1.53. The Morgan fingerprint density at radius 2 is 2.03 bits per heavy atom. The van der Waals surface area contributed by atoms with Crippen molar-refractivity contribution in [3.8, 4) is 10.6 Å². The first-order valence-electron chi connectivity index (χ1n) is 10.1. The largest absolute Gasteiger partial charge is 0.385 e. The molecule has 2 aromatic heterocycles. The quantitative estimate of drug-likeness (QED) is 0.423. The van der Waals surface area contributed by atoms with E-state index in [9.17, 15) is 8.42 Å². The van der Waals surface area contributed by atoms with Crippen LogP contribution in [-0.2, 0) is 26.0 Å². The van der Waals surface area contributed by atoms with E-state index in [2.05, 4.69) is 16.0 Å². The van der Waals surface area contributed by atoms with Crippen LogP contribution in [0.25, 0.3) is 10.6 Å². The first kappa shape index (κ1) is 23.6. The number of sulfonamides is 1. The Balaban J connectivity index is 1.74. The van der Waals surface area contributed by atoms with Gasteiger partial charge in [-0.25, -0.2) is 13.4 Å². The molecule has 0 bridgehead atoms. The Morgan fingerprint density at radius 3 is 2.75 bits per heavy atom. The van der Waals surface area contributed by atoms with Crippen LogP contribution in [0.3, 0.4) is 0 Å². The molecule has 4 rings (SSSR count). The first-order valence-corrected chi connectivity index (χ1v) is 13.7. The summed E-state index contributed by atoms with van der Waals surface area (Å²) < 4.78 is 40.2. The molecule has 1 aliphatic rings. The molecule has 11 heteroatoms. The summed E-state index contributed by atoms with van der Waals surface area (Å²) in [6, 6.07) is 8.77. The highest BCUT2D eigenvalue weighted by Crippen LogP contribution is 2.30. The van der Waals surface area contributed by atoms with Crippen LogP contribution in [0, 0.1) is 0 Å². The lowest BCUT2D eigenvalue weighted by molar-refractivity contribution is 0.0730. The zero-order valence-electron chi connectivity index (χ0n) is 17.6. The van der Waals surface area contributed by atoms with Crippen molar-refractivity contribution in [3.63, 3.8) is 0 Å². The zero-order chi connectivity index (χ0) is 22.6. The number of thiophene rings is 1. The Morgan fingerprint density at radius 1 is 1.22 bits per heavy atom. The number of benzene rings is 1. The van der Waals surface area contributed by atoms with Gasteiger partial charge in [-0.15, -0.1) is 22.7 Å². The number of methoxy groups -OCH3 is 1. The monoisotopic (exact) mass is 513 g/mol. The molecule has 3 aromatic rings. The van der Waals surface area contributed by atoms with Gasteiger partial charge in [0, 0.05) is 38.7 Å². The molecule has 0 amide bonds. The molecule has 0 spiro atoms. The van der Waals surface area contributed by atoms with E-state index in [1.807, 2.05) is 11.4 Å². The van der Waals surface area contributed by atoms with Crippen LogP contribution in [0.2, 0.25) is 5.02 Å². The third-order valence-corrected chi connectivity index (χ3v) is 9.01. The maximum atomic E-state index is 13.1. The van der Waals surface area contributed by atoms with E-state index in [1.165, 1.54) is 21.7 Å². The Labute approximate surface area is 200 Å². The van der Waals surface area contributed by atoms with E-state index >= 15 is 0 Å². The summed E-state index contributed by atoms with van der Waals surface area (Å²) in [6.07, 6.45) is 0.831. The van der Waals surface area contributed by atoms with Crippen molar-refractivity contribution in [1.82, 2.24) is 8.87 Å². The van der Waals surface area contributed by atoms with Gasteiger partial charge in [0.15, 0.2) is 4.80 Å². The Bertz CT molecular complexity index is 1210. The standard InChI is InChI=1S/C21H24ClN3O4S3/c1-28-10-3-7-25-19(20-4-2-13-30-20)15-31-21(25)23-18-14-16(5-6-17(18)22)32(26,27)24-8-11-29-12-9-24/h2,4-6,13-15H,3,7-12H2,1H3. The lowest BCUT2D eigenvalue weighted by Gasteiger charge is -2.26. The molecule has 7 nitrogen and oxygen atoms in total. The number of nitrogens with zero attached hydrogens (tertiary/aromatic N) is 3. The van der Waals surface area contributed by atoms with E-state index in [4.69, 9.17) is 26.1 Å². The highest BCUT2D eigenvalue weighted by molar-refractivity contribution is 7.89. The minimum atomic E-state index is -3.64. The van der Waals surface area contributed by atoms with Crippen molar-refractivity contribution >= 4 is 50.0 Å². The van der Waals surface area contributed by atoms with Crippen molar-refractivity contribution < 1.29 is 17.9 Å². The second-order valence-corrected chi connectivity index (χ2v) is 11.2. The van der Waals surface area contributed by atoms with Crippen molar-refractivity contribution in [2.45, 2.75) is 17.9 Å². The fraction of sp³-hybridized carbons (Fsp3) is 0.381. The molecule has 1 fully saturated rings. The van der Waals surface area contributed by atoms with Crippen LogP contribution < -0.4 is 4.80 Å². The van der Waals surface area contributed by atoms with E-state index in [-0.39, 0.29) is 4.90 Å². The van der Waals surface area contributed by atoms with E-state index in [1.54, 1.807) is 30.6 Å². The van der Waals surface area contributed by atoms with Gasteiger partial charge in [0.05, 0.1) is 39.4 Å². The summed E-state index contributed by atoms with van der Waals surface area (Å²) in [5.41, 5.74) is 1.51. The summed E-state index contributed by atoms with van der Waals surface area (Å²) in [5, 5.41) is 4.51. The predicted molar refractivity (Wildman–Crippen MR) is 128 cm³/mol. The van der Waals surface area contributed by atoms with Gasteiger partial charge in [-0.05, 0) is 36.1 Å². The van der Waals surface area contributed by atoms with Crippen molar-refractivity contribution in [3.05, 3.63) is 50.9 Å². The van der Waals surface area contributed by atoms with Crippen LogP contribution >= 0.6 is 34.3 Å². The molecular weight excluding hydrogens is 490 g/mol. The van der Waals surface area contributed by atoms with Crippen LogP contribution in [0.5, 0.6) is 0 Å². The van der Waals surface area contributed by atoms with Crippen LogP contribution in [-0.4, -0.2) is 57.3 Å². The third kappa shape index (κ3) is 5.17. The summed E-state index contributed by atoms with van der Waals surface area (Å²) in [4.78, 5) is 6.86. The van der Waals surface area contributed by atoms with Gasteiger partial charge >= 0.3 is 0 Å². The van der Waals surface area contributed by atoms with Gasteiger partial charge in [0.25, 0.3) is 0 Å². The zero-order valence-corrected chi connectivity index (χ0v) is 20.8. The number of hydrogen-bond donors (Lipinski definition) is 0. The Kier molecular flexibility index (Phi) is 7.83. The summed E-state index contributed by atoms with van der Waals surface area (Å²) in [5.74, 6) is 0. The van der Waals surface area contributed by atoms with E-state index in [0.29, 0.717) is 43.6 Å².